The lowest BCUT2D eigenvalue weighted by atomic mass is 10.1. The van der Waals surface area contributed by atoms with E-state index >= 15 is 0 Å². The van der Waals surface area contributed by atoms with E-state index in [1.807, 2.05) is 6.07 Å². The molecule has 0 spiro atoms. The standard InChI is InChI=1S/C25H26BrClN2O4/c1-2-3-4-5-6-7-14-33-22-13-8-18(26)15-17(22)16-21-23(30)28-25(32)29(24(21)31)20-11-9-19(27)10-12-20/h8-13,15-16H,2-7,14H2,1H3,(H,28,30,32)/b21-16-. The molecule has 0 unspecified atom stereocenters. The molecule has 3 rings (SSSR count). The van der Waals surface area contributed by atoms with Gasteiger partial charge in [-0.1, -0.05) is 66.6 Å². The van der Waals surface area contributed by atoms with Crippen molar-refractivity contribution in [2.45, 2.75) is 45.4 Å². The first kappa shape index (κ1) is 25.0. The Morgan fingerprint density at radius 3 is 2.42 bits per heavy atom. The van der Waals surface area contributed by atoms with Crippen molar-refractivity contribution in [2.75, 3.05) is 11.5 Å². The fraction of sp³-hybridized carbons (Fsp3) is 0.320. The molecule has 0 aromatic heterocycles. The number of barbiturate groups is 1. The van der Waals surface area contributed by atoms with Gasteiger partial charge in [0.05, 0.1) is 12.3 Å². The molecule has 0 aliphatic carbocycles. The lowest BCUT2D eigenvalue weighted by Crippen LogP contribution is -2.54. The molecule has 1 fully saturated rings. The third-order valence-corrected chi connectivity index (χ3v) is 5.96. The smallest absolute Gasteiger partial charge is 0.335 e. The minimum absolute atomic E-state index is 0.160. The van der Waals surface area contributed by atoms with E-state index in [2.05, 4.69) is 28.2 Å². The van der Waals surface area contributed by atoms with E-state index in [0.29, 0.717) is 28.6 Å². The molecule has 0 saturated carbocycles. The van der Waals surface area contributed by atoms with Crippen LogP contribution in [0.4, 0.5) is 10.5 Å². The zero-order valence-electron chi connectivity index (χ0n) is 18.4. The maximum absolute atomic E-state index is 13.1. The van der Waals surface area contributed by atoms with Crippen molar-refractivity contribution in [3.05, 3.63) is 63.1 Å². The van der Waals surface area contributed by atoms with Crippen molar-refractivity contribution in [3.8, 4) is 5.75 Å². The summed E-state index contributed by atoms with van der Waals surface area (Å²) in [6.07, 6.45) is 8.33. The van der Waals surface area contributed by atoms with Gasteiger partial charge in [-0.25, -0.2) is 9.69 Å². The summed E-state index contributed by atoms with van der Waals surface area (Å²) in [4.78, 5) is 38.9. The molecule has 0 atom stereocenters. The van der Waals surface area contributed by atoms with Gasteiger partial charge in [0, 0.05) is 15.1 Å². The third-order valence-electron chi connectivity index (χ3n) is 5.21. The summed E-state index contributed by atoms with van der Waals surface area (Å²) < 4.78 is 6.73. The molecule has 0 bridgehead atoms. The van der Waals surface area contributed by atoms with E-state index in [1.54, 1.807) is 36.4 Å². The van der Waals surface area contributed by atoms with Crippen molar-refractivity contribution in [2.24, 2.45) is 0 Å². The molecular formula is C25H26BrClN2O4. The first-order chi connectivity index (χ1) is 15.9. The number of unbranched alkanes of at least 4 members (excludes halogenated alkanes) is 5. The molecule has 33 heavy (non-hydrogen) atoms. The number of ether oxygens (including phenoxy) is 1. The predicted octanol–water partition coefficient (Wildman–Crippen LogP) is 6.51. The van der Waals surface area contributed by atoms with Gasteiger partial charge in [0.25, 0.3) is 11.8 Å². The summed E-state index contributed by atoms with van der Waals surface area (Å²) >= 11 is 9.34. The predicted molar refractivity (Wildman–Crippen MR) is 133 cm³/mol. The highest BCUT2D eigenvalue weighted by Crippen LogP contribution is 2.28. The third kappa shape index (κ3) is 6.68. The van der Waals surface area contributed by atoms with Crippen LogP contribution in [0.5, 0.6) is 5.75 Å². The number of benzene rings is 2. The molecule has 8 heteroatoms. The zero-order chi connectivity index (χ0) is 23.8. The molecule has 0 radical (unpaired) electrons. The van der Waals surface area contributed by atoms with E-state index < -0.39 is 17.8 Å². The summed E-state index contributed by atoms with van der Waals surface area (Å²) in [5, 5.41) is 2.70. The van der Waals surface area contributed by atoms with E-state index in [1.165, 1.54) is 31.8 Å². The first-order valence-corrected chi connectivity index (χ1v) is 12.2. The molecule has 4 amide bonds. The van der Waals surface area contributed by atoms with Crippen LogP contribution in [0.1, 0.15) is 51.0 Å². The van der Waals surface area contributed by atoms with Crippen LogP contribution in [0.25, 0.3) is 6.08 Å². The van der Waals surface area contributed by atoms with Gasteiger partial charge in [-0.3, -0.25) is 14.9 Å². The highest BCUT2D eigenvalue weighted by Gasteiger charge is 2.37. The maximum Gasteiger partial charge on any atom is 0.335 e. The molecular weight excluding hydrogens is 508 g/mol. The topological polar surface area (TPSA) is 75.7 Å². The molecule has 1 N–H and O–H groups in total. The Balaban J connectivity index is 1.79. The van der Waals surface area contributed by atoms with Gasteiger partial charge in [-0.2, -0.15) is 0 Å². The van der Waals surface area contributed by atoms with Crippen LogP contribution in [0.2, 0.25) is 5.02 Å². The molecule has 6 nitrogen and oxygen atoms in total. The van der Waals surface area contributed by atoms with Gasteiger partial charge in [-0.05, 0) is 55.0 Å². The lowest BCUT2D eigenvalue weighted by molar-refractivity contribution is -0.122. The number of anilines is 1. The highest BCUT2D eigenvalue weighted by molar-refractivity contribution is 9.10. The number of halogens is 2. The Bertz CT molecular complexity index is 1050. The highest BCUT2D eigenvalue weighted by atomic mass is 79.9. The van der Waals surface area contributed by atoms with E-state index in [9.17, 15) is 14.4 Å². The number of carbonyl (C=O) groups is 3. The van der Waals surface area contributed by atoms with Crippen LogP contribution in [0, 0.1) is 0 Å². The van der Waals surface area contributed by atoms with Crippen LogP contribution in [-0.2, 0) is 9.59 Å². The van der Waals surface area contributed by atoms with Crippen molar-refractivity contribution in [3.63, 3.8) is 0 Å². The maximum atomic E-state index is 13.1. The lowest BCUT2D eigenvalue weighted by Gasteiger charge is -2.26. The number of imide groups is 2. The van der Waals surface area contributed by atoms with Gasteiger partial charge >= 0.3 is 6.03 Å². The van der Waals surface area contributed by atoms with Crippen LogP contribution in [-0.4, -0.2) is 24.5 Å². The second-order valence-electron chi connectivity index (χ2n) is 7.73. The van der Waals surface area contributed by atoms with Gasteiger partial charge in [-0.15, -0.1) is 0 Å². The number of nitrogens with zero attached hydrogens (tertiary/aromatic N) is 1. The minimum atomic E-state index is -0.807. The van der Waals surface area contributed by atoms with Gasteiger partial charge in [0.2, 0.25) is 0 Å². The Labute approximate surface area is 207 Å². The monoisotopic (exact) mass is 532 g/mol. The average molecular weight is 534 g/mol. The van der Waals surface area contributed by atoms with Crippen LogP contribution in [0.15, 0.2) is 52.5 Å². The summed E-state index contributed by atoms with van der Waals surface area (Å²) in [6.45, 7) is 2.73. The number of hydrogen-bond donors (Lipinski definition) is 1. The number of carbonyl (C=O) groups excluding carboxylic acids is 3. The number of amides is 4. The normalized spacial score (nSPS) is 15.2. The molecule has 1 heterocycles. The summed E-state index contributed by atoms with van der Waals surface area (Å²) in [7, 11) is 0. The molecule has 1 aliphatic heterocycles. The molecule has 174 valence electrons. The van der Waals surface area contributed by atoms with E-state index in [4.69, 9.17) is 16.3 Å². The van der Waals surface area contributed by atoms with E-state index in [0.717, 1.165) is 22.2 Å². The average Bonchev–Trinajstić information content (AvgIpc) is 2.78. The number of hydrogen-bond acceptors (Lipinski definition) is 4. The molecule has 2 aromatic rings. The molecule has 2 aromatic carbocycles. The number of nitrogens with one attached hydrogen (secondary N) is 1. The number of urea groups is 1. The molecule has 1 saturated heterocycles. The summed E-state index contributed by atoms with van der Waals surface area (Å²) in [5.41, 5.74) is 0.723. The zero-order valence-corrected chi connectivity index (χ0v) is 20.7. The van der Waals surface area contributed by atoms with Crippen molar-refractivity contribution in [1.82, 2.24) is 5.32 Å². The van der Waals surface area contributed by atoms with Crippen LogP contribution >= 0.6 is 27.5 Å². The van der Waals surface area contributed by atoms with Crippen molar-refractivity contribution >= 4 is 57.1 Å². The minimum Gasteiger partial charge on any atom is -0.493 e. The SMILES string of the molecule is CCCCCCCCOc1ccc(Br)cc1/C=C1/C(=O)NC(=O)N(c2ccc(Cl)cc2)C1=O. The molecule has 1 aliphatic rings. The van der Waals surface area contributed by atoms with E-state index in [-0.39, 0.29) is 5.57 Å². The Morgan fingerprint density at radius 2 is 1.70 bits per heavy atom. The largest absolute Gasteiger partial charge is 0.493 e. The second-order valence-corrected chi connectivity index (χ2v) is 9.08. The fourth-order valence-corrected chi connectivity index (χ4v) is 3.97. The Hall–Kier alpha value is -2.64. The van der Waals surface area contributed by atoms with Gasteiger partial charge in [0.1, 0.15) is 11.3 Å². The summed E-state index contributed by atoms with van der Waals surface area (Å²) in [5.74, 6) is -0.903. The second kappa shape index (κ2) is 12.0. The first-order valence-electron chi connectivity index (χ1n) is 11.0. The van der Waals surface area contributed by atoms with Crippen LogP contribution in [0.3, 0.4) is 0 Å². The van der Waals surface area contributed by atoms with Crippen molar-refractivity contribution < 1.29 is 19.1 Å². The Kier molecular flexibility index (Phi) is 9.09. The summed E-state index contributed by atoms with van der Waals surface area (Å²) in [6, 6.07) is 10.8. The van der Waals surface area contributed by atoms with Gasteiger partial charge < -0.3 is 4.74 Å². The number of rotatable bonds is 10. The van der Waals surface area contributed by atoms with Crippen molar-refractivity contribution in [1.29, 1.82) is 0 Å². The Morgan fingerprint density at radius 1 is 1.00 bits per heavy atom. The quantitative estimate of drug-likeness (QED) is 0.215. The fourth-order valence-electron chi connectivity index (χ4n) is 3.47. The van der Waals surface area contributed by atoms with Gasteiger partial charge in [0.15, 0.2) is 0 Å². The van der Waals surface area contributed by atoms with Crippen LogP contribution < -0.4 is 15.0 Å².